The molecular formula is C26H30ClNO3. The van der Waals surface area contributed by atoms with Crippen molar-refractivity contribution in [1.82, 2.24) is 4.90 Å². The van der Waals surface area contributed by atoms with E-state index >= 15 is 0 Å². The molecule has 1 aliphatic heterocycles. The Morgan fingerprint density at radius 2 is 2.00 bits per heavy atom. The zero-order valence-electron chi connectivity index (χ0n) is 18.4. The zero-order chi connectivity index (χ0) is 22.0. The molecule has 0 radical (unpaired) electrons. The van der Waals surface area contributed by atoms with Crippen molar-refractivity contribution in [3.05, 3.63) is 64.2 Å². The number of carbonyl (C=O) groups is 1. The molecule has 3 aliphatic rings. The maximum atomic E-state index is 12.9. The molecule has 2 bridgehead atoms. The van der Waals surface area contributed by atoms with E-state index in [1.807, 2.05) is 36.4 Å². The SMILES string of the molecule is COC(=O)[C@@]1(c2ccc(Cl)cc2)C[C@H]1CN1CC[C@]2(C)c3cc(O)ccc3C[C@H]1[C@H]2C. The summed E-state index contributed by atoms with van der Waals surface area (Å²) >= 11 is 6.09. The molecule has 5 heteroatoms. The fourth-order valence-electron chi connectivity index (χ4n) is 6.41. The van der Waals surface area contributed by atoms with Gasteiger partial charge in [-0.05, 0) is 84.0 Å². The van der Waals surface area contributed by atoms with E-state index in [2.05, 4.69) is 24.8 Å². The molecule has 2 aliphatic carbocycles. The Labute approximate surface area is 189 Å². The fourth-order valence-corrected chi connectivity index (χ4v) is 6.53. The summed E-state index contributed by atoms with van der Waals surface area (Å²) in [6, 6.07) is 14.0. The summed E-state index contributed by atoms with van der Waals surface area (Å²) in [5.41, 5.74) is 3.19. The topological polar surface area (TPSA) is 49.8 Å². The molecule has 1 saturated carbocycles. The normalized spacial score (nSPS) is 34.1. The summed E-state index contributed by atoms with van der Waals surface area (Å²) in [6.45, 7) is 6.61. The third-order valence-electron chi connectivity index (χ3n) is 8.58. The fraction of sp³-hybridized carbons (Fsp3) is 0.500. The molecule has 0 amide bonds. The lowest BCUT2D eigenvalue weighted by Gasteiger charge is -2.54. The van der Waals surface area contributed by atoms with E-state index in [0.717, 1.165) is 37.9 Å². The smallest absolute Gasteiger partial charge is 0.316 e. The lowest BCUT2D eigenvalue weighted by atomic mass is 9.59. The van der Waals surface area contributed by atoms with Crippen molar-refractivity contribution in [2.75, 3.05) is 20.2 Å². The number of fused-ring (bicyclic) bond motifs is 4. The summed E-state index contributed by atoms with van der Waals surface area (Å²) in [5, 5.41) is 10.7. The monoisotopic (exact) mass is 439 g/mol. The van der Waals surface area contributed by atoms with Crippen LogP contribution < -0.4 is 0 Å². The number of nitrogens with zero attached hydrogens (tertiary/aromatic N) is 1. The molecular weight excluding hydrogens is 410 g/mol. The van der Waals surface area contributed by atoms with Crippen LogP contribution in [0, 0.1) is 11.8 Å². The second kappa shape index (κ2) is 7.25. The predicted molar refractivity (Wildman–Crippen MR) is 122 cm³/mol. The predicted octanol–water partition coefficient (Wildman–Crippen LogP) is 4.70. The van der Waals surface area contributed by atoms with Gasteiger partial charge in [0.15, 0.2) is 0 Å². The largest absolute Gasteiger partial charge is 0.508 e. The van der Waals surface area contributed by atoms with Crippen LogP contribution in [0.15, 0.2) is 42.5 Å². The Morgan fingerprint density at radius 1 is 1.26 bits per heavy atom. The molecule has 31 heavy (non-hydrogen) atoms. The van der Waals surface area contributed by atoms with Gasteiger partial charge in [0.25, 0.3) is 0 Å². The van der Waals surface area contributed by atoms with E-state index in [1.165, 1.54) is 18.2 Å². The van der Waals surface area contributed by atoms with Crippen molar-refractivity contribution >= 4 is 17.6 Å². The van der Waals surface area contributed by atoms with Gasteiger partial charge in [-0.15, -0.1) is 0 Å². The standard InChI is InChI=1S/C26H30ClNO3/c1-16-23-12-17-4-9-21(29)13-22(17)25(16,2)10-11-28(23)15-19-14-26(19,24(30)31-3)18-5-7-20(27)8-6-18/h4-9,13,16,19,23,29H,10-12,14-15H2,1-3H3/t16-,19+,23+,25+,26-/m1/s1. The first-order chi connectivity index (χ1) is 14.8. The van der Waals surface area contributed by atoms with E-state index in [-0.39, 0.29) is 17.3 Å². The van der Waals surface area contributed by atoms with Crippen LogP contribution in [0.25, 0.3) is 0 Å². The summed E-state index contributed by atoms with van der Waals surface area (Å²) in [6.07, 6.45) is 2.87. The maximum Gasteiger partial charge on any atom is 0.316 e. The lowest BCUT2D eigenvalue weighted by molar-refractivity contribution is -0.144. The number of halogens is 1. The highest BCUT2D eigenvalue weighted by atomic mass is 35.5. The number of carbonyl (C=O) groups excluding carboxylic acids is 1. The molecule has 5 rings (SSSR count). The van der Waals surface area contributed by atoms with Gasteiger partial charge in [0.2, 0.25) is 0 Å². The van der Waals surface area contributed by atoms with E-state index in [4.69, 9.17) is 16.3 Å². The summed E-state index contributed by atoms with van der Waals surface area (Å²) < 4.78 is 5.24. The second-order valence-corrected chi connectivity index (χ2v) is 10.4. The third-order valence-corrected chi connectivity index (χ3v) is 8.83. The minimum absolute atomic E-state index is 0.0760. The number of phenolic OH excluding ortho intramolecular Hbond substituents is 1. The zero-order valence-corrected chi connectivity index (χ0v) is 19.2. The number of hydrogen-bond donors (Lipinski definition) is 1. The second-order valence-electron chi connectivity index (χ2n) is 9.93. The van der Waals surface area contributed by atoms with Gasteiger partial charge in [-0.1, -0.05) is 43.6 Å². The summed E-state index contributed by atoms with van der Waals surface area (Å²) in [5.74, 6) is 0.951. The number of likely N-dealkylation sites (tertiary alicyclic amines) is 1. The van der Waals surface area contributed by atoms with Gasteiger partial charge in [-0.3, -0.25) is 9.69 Å². The van der Waals surface area contributed by atoms with Gasteiger partial charge in [-0.25, -0.2) is 0 Å². The Hall–Kier alpha value is -2.04. The number of ether oxygens (including phenoxy) is 1. The van der Waals surface area contributed by atoms with Crippen molar-refractivity contribution in [2.45, 2.75) is 50.0 Å². The Morgan fingerprint density at radius 3 is 2.71 bits per heavy atom. The van der Waals surface area contributed by atoms with Crippen LogP contribution in [0.5, 0.6) is 5.75 Å². The third kappa shape index (κ3) is 3.10. The highest BCUT2D eigenvalue weighted by Crippen LogP contribution is 2.57. The van der Waals surface area contributed by atoms with E-state index in [9.17, 15) is 9.90 Å². The van der Waals surface area contributed by atoms with E-state index < -0.39 is 5.41 Å². The molecule has 5 atom stereocenters. The first-order valence-electron chi connectivity index (χ1n) is 11.2. The van der Waals surface area contributed by atoms with Crippen LogP contribution in [0.1, 0.15) is 43.4 Å². The lowest BCUT2D eigenvalue weighted by Crippen LogP contribution is -2.58. The number of esters is 1. The first-order valence-corrected chi connectivity index (χ1v) is 11.6. The molecule has 0 unspecified atom stereocenters. The number of rotatable bonds is 4. The number of methoxy groups -OCH3 is 1. The van der Waals surface area contributed by atoms with Crippen molar-refractivity contribution < 1.29 is 14.6 Å². The van der Waals surface area contributed by atoms with Crippen LogP contribution in [-0.4, -0.2) is 42.2 Å². The van der Waals surface area contributed by atoms with Crippen LogP contribution in [0.3, 0.4) is 0 Å². The molecule has 2 aromatic rings. The Bertz CT molecular complexity index is 1020. The number of benzene rings is 2. The molecule has 2 aromatic carbocycles. The Balaban J connectivity index is 1.41. The van der Waals surface area contributed by atoms with Crippen molar-refractivity contribution in [3.8, 4) is 5.75 Å². The first kappa shape index (κ1) is 20.8. The van der Waals surface area contributed by atoms with Gasteiger partial charge < -0.3 is 9.84 Å². The van der Waals surface area contributed by atoms with Crippen LogP contribution in [0.4, 0.5) is 0 Å². The molecule has 2 fully saturated rings. The molecule has 0 spiro atoms. The van der Waals surface area contributed by atoms with Gasteiger partial charge in [0.05, 0.1) is 12.5 Å². The minimum Gasteiger partial charge on any atom is -0.508 e. The van der Waals surface area contributed by atoms with Crippen LogP contribution >= 0.6 is 11.6 Å². The summed E-state index contributed by atoms with van der Waals surface area (Å²) in [7, 11) is 1.48. The van der Waals surface area contributed by atoms with Crippen molar-refractivity contribution in [2.24, 2.45) is 11.8 Å². The average molecular weight is 440 g/mol. The Kier molecular flexibility index (Phi) is 4.87. The van der Waals surface area contributed by atoms with Crippen molar-refractivity contribution in [3.63, 3.8) is 0 Å². The highest BCUT2D eigenvalue weighted by Gasteiger charge is 2.63. The molecule has 1 saturated heterocycles. The molecule has 0 aromatic heterocycles. The van der Waals surface area contributed by atoms with Crippen molar-refractivity contribution in [1.29, 1.82) is 0 Å². The molecule has 1 N–H and O–H groups in total. The van der Waals surface area contributed by atoms with E-state index in [1.54, 1.807) is 0 Å². The van der Waals surface area contributed by atoms with Gasteiger partial charge in [0.1, 0.15) is 5.75 Å². The quantitative estimate of drug-likeness (QED) is 0.701. The number of hydrogen-bond acceptors (Lipinski definition) is 4. The highest BCUT2D eigenvalue weighted by molar-refractivity contribution is 6.30. The average Bonchev–Trinajstić information content (AvgIpc) is 3.48. The van der Waals surface area contributed by atoms with Crippen LogP contribution in [-0.2, 0) is 26.8 Å². The molecule has 4 nitrogen and oxygen atoms in total. The molecule has 1 heterocycles. The van der Waals surface area contributed by atoms with Gasteiger partial charge in [0, 0.05) is 17.6 Å². The number of phenols is 1. The van der Waals surface area contributed by atoms with Gasteiger partial charge >= 0.3 is 5.97 Å². The maximum absolute atomic E-state index is 12.9. The number of aromatic hydroxyl groups is 1. The van der Waals surface area contributed by atoms with Gasteiger partial charge in [-0.2, -0.15) is 0 Å². The van der Waals surface area contributed by atoms with E-state index in [0.29, 0.717) is 22.7 Å². The minimum atomic E-state index is -0.554. The number of piperidine rings is 1. The van der Waals surface area contributed by atoms with Crippen LogP contribution in [0.2, 0.25) is 5.02 Å². The molecule has 164 valence electrons. The summed E-state index contributed by atoms with van der Waals surface area (Å²) in [4.78, 5) is 15.5.